The SMILES string of the molecule is O=c1cnn(-c2cc(Cl)c(Oc3ccc(O)c(CN4CCC5(CC4)OCCO5)c3)c(Cl)c2)c(=O)[nH]1. The zero-order chi connectivity index (χ0) is 24.6. The van der Waals surface area contributed by atoms with Crippen molar-refractivity contribution in [3.63, 3.8) is 0 Å². The lowest BCUT2D eigenvalue weighted by atomic mass is 10.0. The summed E-state index contributed by atoms with van der Waals surface area (Å²) in [6.07, 6.45) is 2.52. The molecule has 1 aromatic heterocycles. The molecule has 12 heteroatoms. The maximum Gasteiger partial charge on any atom is 0.349 e. The molecule has 0 saturated carbocycles. The fourth-order valence-electron chi connectivity index (χ4n) is 4.25. The van der Waals surface area contributed by atoms with Crippen LogP contribution in [0, 0.1) is 0 Å². The molecule has 10 nitrogen and oxygen atoms in total. The smallest absolute Gasteiger partial charge is 0.349 e. The maximum atomic E-state index is 12.0. The van der Waals surface area contributed by atoms with Crippen LogP contribution in [0.25, 0.3) is 5.69 Å². The topological polar surface area (TPSA) is 119 Å². The van der Waals surface area contributed by atoms with E-state index in [-0.39, 0.29) is 27.2 Å². The molecule has 2 saturated heterocycles. The van der Waals surface area contributed by atoms with Crippen LogP contribution in [0.4, 0.5) is 0 Å². The summed E-state index contributed by atoms with van der Waals surface area (Å²) in [5.41, 5.74) is -0.385. The van der Waals surface area contributed by atoms with Gasteiger partial charge in [-0.15, -0.1) is 0 Å². The van der Waals surface area contributed by atoms with Gasteiger partial charge in [0.05, 0.1) is 28.9 Å². The number of rotatable bonds is 5. The van der Waals surface area contributed by atoms with Gasteiger partial charge < -0.3 is 19.3 Å². The fourth-order valence-corrected chi connectivity index (χ4v) is 4.80. The highest BCUT2D eigenvalue weighted by Gasteiger charge is 2.39. The van der Waals surface area contributed by atoms with E-state index in [0.29, 0.717) is 31.1 Å². The van der Waals surface area contributed by atoms with E-state index in [1.54, 1.807) is 18.2 Å². The number of phenolic OH excluding ortho intramolecular Hbond substituents is 1. The number of aromatic nitrogens is 3. The number of phenols is 1. The van der Waals surface area contributed by atoms with Gasteiger partial charge in [-0.25, -0.2) is 4.79 Å². The standard InChI is InChI=1S/C23H22Cl2N4O6/c24-17-10-15(29-22(32)27-20(31)12-26-29)11-18(25)21(17)35-16-1-2-19(30)14(9-16)13-28-5-3-23(4-6-28)33-7-8-34-23/h1-2,9-12,30H,3-8,13H2,(H,27,31,32). The summed E-state index contributed by atoms with van der Waals surface area (Å²) in [7, 11) is 0. The number of benzene rings is 2. The lowest BCUT2D eigenvalue weighted by Gasteiger charge is -2.37. The Labute approximate surface area is 209 Å². The predicted octanol–water partition coefficient (Wildman–Crippen LogP) is 3.06. The highest BCUT2D eigenvalue weighted by molar-refractivity contribution is 6.37. The number of hydrogen-bond donors (Lipinski definition) is 2. The summed E-state index contributed by atoms with van der Waals surface area (Å²) >= 11 is 12.8. The normalized spacial score (nSPS) is 17.7. The van der Waals surface area contributed by atoms with Gasteiger partial charge in [0.15, 0.2) is 11.5 Å². The van der Waals surface area contributed by atoms with Crippen molar-refractivity contribution < 1.29 is 19.3 Å². The summed E-state index contributed by atoms with van der Waals surface area (Å²) in [6.45, 7) is 3.35. The molecule has 0 atom stereocenters. The third kappa shape index (κ3) is 5.07. The Bertz CT molecular complexity index is 1340. The molecule has 0 amide bonds. The number of likely N-dealkylation sites (tertiary alicyclic amines) is 1. The van der Waals surface area contributed by atoms with Crippen LogP contribution in [-0.2, 0) is 16.0 Å². The molecule has 2 aliphatic heterocycles. The maximum absolute atomic E-state index is 12.0. The molecule has 3 heterocycles. The number of piperidine rings is 1. The number of nitrogens with one attached hydrogen (secondary N) is 1. The molecule has 35 heavy (non-hydrogen) atoms. The minimum Gasteiger partial charge on any atom is -0.508 e. The van der Waals surface area contributed by atoms with Crippen molar-refractivity contribution in [3.8, 4) is 22.9 Å². The van der Waals surface area contributed by atoms with E-state index >= 15 is 0 Å². The van der Waals surface area contributed by atoms with Crippen LogP contribution in [0.15, 0.2) is 46.1 Å². The molecular formula is C23H22Cl2N4O6. The van der Waals surface area contributed by atoms with E-state index in [9.17, 15) is 14.7 Å². The Kier molecular flexibility index (Phi) is 6.56. The number of halogens is 2. The first-order valence-corrected chi connectivity index (χ1v) is 11.8. The number of aromatic hydroxyl groups is 1. The first-order valence-electron chi connectivity index (χ1n) is 11.0. The Morgan fingerprint density at radius 3 is 2.43 bits per heavy atom. The molecule has 2 aromatic carbocycles. The van der Waals surface area contributed by atoms with E-state index in [1.165, 1.54) is 12.1 Å². The van der Waals surface area contributed by atoms with Gasteiger partial charge in [-0.05, 0) is 30.3 Å². The first-order chi connectivity index (χ1) is 16.8. The van der Waals surface area contributed by atoms with Crippen LogP contribution in [0.3, 0.4) is 0 Å². The van der Waals surface area contributed by atoms with E-state index in [2.05, 4.69) is 15.0 Å². The molecule has 2 fully saturated rings. The van der Waals surface area contributed by atoms with Crippen molar-refractivity contribution in [3.05, 3.63) is 73.0 Å². The molecule has 0 bridgehead atoms. The van der Waals surface area contributed by atoms with Gasteiger partial charge in [-0.2, -0.15) is 9.78 Å². The average Bonchev–Trinajstić information content (AvgIpc) is 3.28. The monoisotopic (exact) mass is 520 g/mol. The lowest BCUT2D eigenvalue weighted by molar-refractivity contribution is -0.185. The quantitative estimate of drug-likeness (QED) is 0.526. The van der Waals surface area contributed by atoms with Gasteiger partial charge in [0.25, 0.3) is 5.56 Å². The average molecular weight is 521 g/mol. The van der Waals surface area contributed by atoms with Crippen LogP contribution in [0.1, 0.15) is 18.4 Å². The van der Waals surface area contributed by atoms with Gasteiger partial charge in [-0.3, -0.25) is 14.7 Å². The van der Waals surface area contributed by atoms with Crippen LogP contribution in [-0.4, -0.2) is 56.9 Å². The molecule has 0 radical (unpaired) electrons. The summed E-state index contributed by atoms with van der Waals surface area (Å²) < 4.78 is 18.5. The van der Waals surface area contributed by atoms with Crippen molar-refractivity contribution in [1.82, 2.24) is 19.7 Å². The van der Waals surface area contributed by atoms with Crippen molar-refractivity contribution in [1.29, 1.82) is 0 Å². The van der Waals surface area contributed by atoms with Crippen LogP contribution < -0.4 is 16.0 Å². The minimum absolute atomic E-state index is 0.139. The summed E-state index contributed by atoms with van der Waals surface area (Å²) in [5.74, 6) is 0.312. The highest BCUT2D eigenvalue weighted by Crippen LogP contribution is 2.39. The summed E-state index contributed by atoms with van der Waals surface area (Å²) in [4.78, 5) is 27.6. The van der Waals surface area contributed by atoms with Crippen LogP contribution >= 0.6 is 23.2 Å². The third-order valence-corrected chi connectivity index (χ3v) is 6.60. The van der Waals surface area contributed by atoms with Crippen LogP contribution in [0.5, 0.6) is 17.2 Å². The molecule has 1 spiro atoms. The molecule has 0 aliphatic carbocycles. The van der Waals surface area contributed by atoms with Crippen molar-refractivity contribution in [2.75, 3.05) is 26.3 Å². The fraction of sp³-hybridized carbons (Fsp3) is 0.348. The second-order valence-electron chi connectivity index (χ2n) is 8.37. The van der Waals surface area contributed by atoms with Crippen LogP contribution in [0.2, 0.25) is 10.0 Å². The lowest BCUT2D eigenvalue weighted by Crippen LogP contribution is -2.44. The van der Waals surface area contributed by atoms with Gasteiger partial charge >= 0.3 is 5.69 Å². The second kappa shape index (κ2) is 9.63. The van der Waals surface area contributed by atoms with Gasteiger partial charge in [0.1, 0.15) is 17.7 Å². The Balaban J connectivity index is 1.33. The largest absolute Gasteiger partial charge is 0.508 e. The Morgan fingerprint density at radius 1 is 1.09 bits per heavy atom. The zero-order valence-corrected chi connectivity index (χ0v) is 20.0. The Morgan fingerprint density at radius 2 is 1.77 bits per heavy atom. The molecule has 0 unspecified atom stereocenters. The van der Waals surface area contributed by atoms with Gasteiger partial charge in [0.2, 0.25) is 0 Å². The number of nitrogens with zero attached hydrogens (tertiary/aromatic N) is 3. The van der Waals surface area contributed by atoms with Gasteiger partial charge in [-0.1, -0.05) is 23.2 Å². The zero-order valence-electron chi connectivity index (χ0n) is 18.5. The number of ether oxygens (including phenoxy) is 3. The summed E-state index contributed by atoms with van der Waals surface area (Å²) in [6, 6.07) is 7.80. The minimum atomic E-state index is -0.726. The van der Waals surface area contributed by atoms with E-state index in [0.717, 1.165) is 36.8 Å². The number of hydrogen-bond acceptors (Lipinski definition) is 8. The third-order valence-electron chi connectivity index (χ3n) is 6.04. The second-order valence-corrected chi connectivity index (χ2v) is 9.18. The highest BCUT2D eigenvalue weighted by atomic mass is 35.5. The molecular weight excluding hydrogens is 499 g/mol. The molecule has 2 N–H and O–H groups in total. The first kappa shape index (κ1) is 23.8. The number of aromatic amines is 1. The van der Waals surface area contributed by atoms with Gasteiger partial charge in [0, 0.05) is 38.0 Å². The Hall–Kier alpha value is -2.89. The number of H-pyrrole nitrogens is 1. The van der Waals surface area contributed by atoms with Crippen molar-refractivity contribution >= 4 is 23.2 Å². The van der Waals surface area contributed by atoms with Crippen molar-refractivity contribution in [2.24, 2.45) is 0 Å². The predicted molar refractivity (Wildman–Crippen MR) is 128 cm³/mol. The molecule has 3 aromatic rings. The summed E-state index contributed by atoms with van der Waals surface area (Å²) in [5, 5.41) is 14.5. The molecule has 5 rings (SSSR count). The van der Waals surface area contributed by atoms with Crippen molar-refractivity contribution in [2.45, 2.75) is 25.2 Å². The molecule has 2 aliphatic rings. The van der Waals surface area contributed by atoms with E-state index in [1.807, 2.05) is 0 Å². The molecule has 184 valence electrons. The van der Waals surface area contributed by atoms with E-state index in [4.69, 9.17) is 37.4 Å². The van der Waals surface area contributed by atoms with E-state index < -0.39 is 17.0 Å².